The molecular weight excluding hydrogens is 356 g/mol. The van der Waals surface area contributed by atoms with Crippen LogP contribution in [0.5, 0.6) is 0 Å². The second-order valence-corrected chi connectivity index (χ2v) is 7.59. The average Bonchev–Trinajstić information content (AvgIpc) is 2.57. The molecule has 1 aromatic carbocycles. The van der Waals surface area contributed by atoms with Crippen molar-refractivity contribution in [3.05, 3.63) is 62.4 Å². The van der Waals surface area contributed by atoms with Crippen molar-refractivity contribution in [1.82, 2.24) is 13.4 Å². The van der Waals surface area contributed by atoms with Crippen LogP contribution in [0.25, 0.3) is 0 Å². The van der Waals surface area contributed by atoms with Crippen molar-refractivity contribution in [3.8, 4) is 0 Å². The fraction of sp³-hybridized carbons (Fsp3) is 0.333. The van der Waals surface area contributed by atoms with Crippen molar-refractivity contribution in [2.24, 2.45) is 14.1 Å². The van der Waals surface area contributed by atoms with Crippen molar-refractivity contribution in [3.63, 3.8) is 0 Å². The highest BCUT2D eigenvalue weighted by atomic mass is 32.2. The lowest BCUT2D eigenvalue weighted by Crippen LogP contribution is -2.42. The molecular formula is C15H17F2N3O4S. The maximum atomic E-state index is 13.4. The van der Waals surface area contributed by atoms with Crippen LogP contribution in [0.3, 0.4) is 0 Å². The molecule has 0 spiro atoms. The number of sulfonamides is 1. The SMILES string of the molecule is C[C@H](c1ccc(F)c(F)c1)N(C)S(=O)(=O)c1cn(C)c(=O)n(C)c1=O. The number of halogens is 2. The van der Waals surface area contributed by atoms with Gasteiger partial charge in [-0.1, -0.05) is 6.07 Å². The summed E-state index contributed by atoms with van der Waals surface area (Å²) in [7, 11) is -0.575. The van der Waals surface area contributed by atoms with Crippen LogP contribution in [0.15, 0.2) is 38.9 Å². The highest BCUT2D eigenvalue weighted by Crippen LogP contribution is 2.25. The molecule has 1 heterocycles. The van der Waals surface area contributed by atoms with E-state index in [1.54, 1.807) is 0 Å². The van der Waals surface area contributed by atoms with Crippen molar-refractivity contribution in [2.45, 2.75) is 17.9 Å². The molecule has 0 aliphatic rings. The maximum Gasteiger partial charge on any atom is 0.330 e. The van der Waals surface area contributed by atoms with Gasteiger partial charge in [-0.15, -0.1) is 0 Å². The van der Waals surface area contributed by atoms with Gasteiger partial charge in [0.2, 0.25) is 10.0 Å². The molecule has 2 rings (SSSR count). The lowest BCUT2D eigenvalue weighted by Gasteiger charge is -2.24. The second kappa shape index (κ2) is 6.52. The van der Waals surface area contributed by atoms with Gasteiger partial charge in [-0.2, -0.15) is 4.31 Å². The van der Waals surface area contributed by atoms with Crippen molar-refractivity contribution < 1.29 is 17.2 Å². The average molecular weight is 373 g/mol. The molecule has 10 heteroatoms. The van der Waals surface area contributed by atoms with Gasteiger partial charge in [-0.25, -0.2) is 22.0 Å². The smallest absolute Gasteiger partial charge is 0.302 e. The quantitative estimate of drug-likeness (QED) is 0.792. The molecule has 25 heavy (non-hydrogen) atoms. The Kier molecular flexibility index (Phi) is 4.96. The number of aromatic nitrogens is 2. The number of aryl methyl sites for hydroxylation is 1. The van der Waals surface area contributed by atoms with Crippen molar-refractivity contribution >= 4 is 10.0 Å². The van der Waals surface area contributed by atoms with E-state index in [2.05, 4.69) is 0 Å². The zero-order valence-corrected chi connectivity index (χ0v) is 14.8. The van der Waals surface area contributed by atoms with Crippen LogP contribution in [0.1, 0.15) is 18.5 Å². The molecule has 1 aromatic heterocycles. The molecule has 7 nitrogen and oxygen atoms in total. The van der Waals surface area contributed by atoms with Gasteiger partial charge in [-0.05, 0) is 24.6 Å². The fourth-order valence-corrected chi connectivity index (χ4v) is 3.79. The third kappa shape index (κ3) is 3.27. The Hall–Kier alpha value is -2.33. The normalized spacial score (nSPS) is 13.2. The van der Waals surface area contributed by atoms with Gasteiger partial charge in [-0.3, -0.25) is 9.36 Å². The summed E-state index contributed by atoms with van der Waals surface area (Å²) in [6.07, 6.45) is 0.939. The summed E-state index contributed by atoms with van der Waals surface area (Å²) in [5.74, 6) is -2.15. The summed E-state index contributed by atoms with van der Waals surface area (Å²) in [6, 6.07) is 2.17. The lowest BCUT2D eigenvalue weighted by molar-refractivity contribution is 0.393. The van der Waals surface area contributed by atoms with Gasteiger partial charge in [0.05, 0.1) is 0 Å². The van der Waals surface area contributed by atoms with Crippen LogP contribution in [0.2, 0.25) is 0 Å². The van der Waals surface area contributed by atoms with E-state index in [1.807, 2.05) is 0 Å². The Balaban J connectivity index is 2.54. The van der Waals surface area contributed by atoms with Crippen molar-refractivity contribution in [1.29, 1.82) is 0 Å². The first-order valence-electron chi connectivity index (χ1n) is 7.18. The summed E-state index contributed by atoms with van der Waals surface area (Å²) in [6.45, 7) is 1.47. The molecule has 0 bridgehead atoms. The molecule has 0 saturated carbocycles. The van der Waals surface area contributed by atoms with E-state index in [1.165, 1.54) is 34.1 Å². The summed E-state index contributed by atoms with van der Waals surface area (Å²) < 4.78 is 54.5. The molecule has 0 aliphatic carbocycles. The van der Waals surface area contributed by atoms with E-state index in [9.17, 15) is 26.8 Å². The summed E-state index contributed by atoms with van der Waals surface area (Å²) in [4.78, 5) is 23.3. The highest BCUT2D eigenvalue weighted by molar-refractivity contribution is 7.89. The minimum Gasteiger partial charge on any atom is -0.302 e. The standard InChI is InChI=1S/C15H17F2N3O4S/c1-9(10-5-6-11(16)12(17)7-10)20(4)25(23,24)13-8-18(2)15(22)19(3)14(13)21/h5-9H,1-4H3/t9-/m1/s1. The van der Waals surface area contributed by atoms with E-state index in [0.29, 0.717) is 4.57 Å². The molecule has 0 aliphatic heterocycles. The van der Waals surface area contributed by atoms with E-state index in [-0.39, 0.29) is 5.56 Å². The second-order valence-electron chi connectivity index (χ2n) is 5.62. The zero-order chi connectivity index (χ0) is 19.1. The summed E-state index contributed by atoms with van der Waals surface area (Å²) >= 11 is 0. The van der Waals surface area contributed by atoms with Crippen LogP contribution in [0.4, 0.5) is 8.78 Å². The lowest BCUT2D eigenvalue weighted by atomic mass is 10.1. The molecule has 136 valence electrons. The Morgan fingerprint density at radius 1 is 1.12 bits per heavy atom. The zero-order valence-electron chi connectivity index (χ0n) is 14.0. The minimum atomic E-state index is -4.28. The molecule has 0 unspecified atom stereocenters. The molecule has 0 fully saturated rings. The fourth-order valence-electron chi connectivity index (χ4n) is 2.30. The Morgan fingerprint density at radius 3 is 2.28 bits per heavy atom. The van der Waals surface area contributed by atoms with Crippen molar-refractivity contribution in [2.75, 3.05) is 7.05 Å². The van der Waals surface area contributed by atoms with Gasteiger partial charge in [0, 0.05) is 33.4 Å². The molecule has 0 saturated heterocycles. The van der Waals surface area contributed by atoms with Gasteiger partial charge in [0.1, 0.15) is 0 Å². The molecule has 0 N–H and O–H groups in total. The molecule has 2 aromatic rings. The summed E-state index contributed by atoms with van der Waals surface area (Å²) in [5.41, 5.74) is -1.42. The first-order chi connectivity index (χ1) is 11.5. The first kappa shape index (κ1) is 19.0. The Bertz CT molecular complexity index is 1040. The third-order valence-corrected chi connectivity index (χ3v) is 5.95. The van der Waals surface area contributed by atoms with E-state index in [4.69, 9.17) is 0 Å². The van der Waals surface area contributed by atoms with Crippen LogP contribution in [-0.2, 0) is 24.1 Å². The van der Waals surface area contributed by atoms with E-state index >= 15 is 0 Å². The van der Waals surface area contributed by atoms with Gasteiger partial charge >= 0.3 is 5.69 Å². The predicted molar refractivity (Wildman–Crippen MR) is 86.6 cm³/mol. The first-order valence-corrected chi connectivity index (χ1v) is 8.62. The summed E-state index contributed by atoms with van der Waals surface area (Å²) in [5, 5.41) is 0. The van der Waals surface area contributed by atoms with Crippen LogP contribution < -0.4 is 11.2 Å². The molecule has 0 radical (unpaired) electrons. The number of hydrogen-bond acceptors (Lipinski definition) is 4. The Labute approximate surface area is 142 Å². The molecule has 0 amide bonds. The van der Waals surface area contributed by atoms with Crippen LogP contribution >= 0.6 is 0 Å². The number of nitrogens with zero attached hydrogens (tertiary/aromatic N) is 3. The highest BCUT2D eigenvalue weighted by Gasteiger charge is 2.30. The van der Waals surface area contributed by atoms with Gasteiger partial charge in [0.25, 0.3) is 5.56 Å². The van der Waals surface area contributed by atoms with E-state index < -0.39 is 43.8 Å². The number of hydrogen-bond donors (Lipinski definition) is 0. The molecule has 1 atom stereocenters. The minimum absolute atomic E-state index is 0.214. The third-order valence-electron chi connectivity index (χ3n) is 4.04. The Morgan fingerprint density at radius 2 is 1.72 bits per heavy atom. The monoisotopic (exact) mass is 373 g/mol. The van der Waals surface area contributed by atoms with E-state index in [0.717, 1.165) is 27.2 Å². The number of benzene rings is 1. The topological polar surface area (TPSA) is 81.4 Å². The largest absolute Gasteiger partial charge is 0.330 e. The number of rotatable bonds is 4. The maximum absolute atomic E-state index is 13.4. The van der Waals surface area contributed by atoms with Gasteiger partial charge < -0.3 is 4.57 Å². The van der Waals surface area contributed by atoms with Crippen LogP contribution in [0, 0.1) is 11.6 Å². The predicted octanol–water partition coefficient (Wildman–Crippen LogP) is 0.744. The van der Waals surface area contributed by atoms with Gasteiger partial charge in [0.15, 0.2) is 16.5 Å². The van der Waals surface area contributed by atoms with Crippen LogP contribution in [-0.4, -0.2) is 28.9 Å².